The molecule has 0 bridgehead atoms. The van der Waals surface area contributed by atoms with Crippen molar-refractivity contribution in [2.24, 2.45) is 0 Å². The number of rotatable bonds is 5. The van der Waals surface area contributed by atoms with Crippen LogP contribution in [0, 0.1) is 0 Å². The SMILES string of the molecule is CCC(=O)Nc1cccc(C(=O)Nc2nnc(CC)s2)c1. The number of hydrogen-bond acceptors (Lipinski definition) is 5. The molecule has 0 radical (unpaired) electrons. The van der Waals surface area contributed by atoms with E-state index in [0.717, 1.165) is 11.4 Å². The molecule has 0 aliphatic rings. The quantitative estimate of drug-likeness (QED) is 0.889. The second-order valence-electron chi connectivity index (χ2n) is 4.29. The van der Waals surface area contributed by atoms with Crippen molar-refractivity contribution in [3.05, 3.63) is 34.8 Å². The topological polar surface area (TPSA) is 84.0 Å². The number of nitrogens with one attached hydrogen (secondary N) is 2. The summed E-state index contributed by atoms with van der Waals surface area (Å²) in [5.74, 6) is -0.370. The third-order valence-corrected chi connectivity index (χ3v) is 3.70. The van der Waals surface area contributed by atoms with Gasteiger partial charge in [0.05, 0.1) is 0 Å². The number of hydrogen-bond donors (Lipinski definition) is 2. The molecule has 0 aliphatic carbocycles. The molecule has 2 amide bonds. The van der Waals surface area contributed by atoms with Crippen LogP contribution in [0.5, 0.6) is 0 Å². The summed E-state index contributed by atoms with van der Waals surface area (Å²) >= 11 is 1.35. The number of nitrogens with zero attached hydrogens (tertiary/aromatic N) is 2. The second-order valence-corrected chi connectivity index (χ2v) is 5.35. The molecule has 110 valence electrons. The molecule has 7 heteroatoms. The molecule has 2 aromatic rings. The van der Waals surface area contributed by atoms with Crippen LogP contribution in [-0.2, 0) is 11.2 Å². The summed E-state index contributed by atoms with van der Waals surface area (Å²) in [7, 11) is 0. The molecule has 1 heterocycles. The lowest BCUT2D eigenvalue weighted by Gasteiger charge is -2.06. The largest absolute Gasteiger partial charge is 0.326 e. The molecule has 0 spiro atoms. The lowest BCUT2D eigenvalue weighted by atomic mass is 10.2. The average molecular weight is 304 g/mol. The first-order valence-electron chi connectivity index (χ1n) is 6.66. The summed E-state index contributed by atoms with van der Waals surface area (Å²) in [5.41, 5.74) is 1.05. The van der Waals surface area contributed by atoms with Gasteiger partial charge < -0.3 is 5.32 Å². The van der Waals surface area contributed by atoms with Crippen molar-refractivity contribution >= 4 is 34.0 Å². The summed E-state index contributed by atoms with van der Waals surface area (Å²) in [6, 6.07) is 6.77. The van der Waals surface area contributed by atoms with Gasteiger partial charge in [0, 0.05) is 17.7 Å². The summed E-state index contributed by atoms with van der Waals surface area (Å²) < 4.78 is 0. The van der Waals surface area contributed by atoms with Crippen LogP contribution in [0.4, 0.5) is 10.8 Å². The minimum atomic E-state index is -0.276. The van der Waals surface area contributed by atoms with Crippen LogP contribution in [0.3, 0.4) is 0 Å². The van der Waals surface area contributed by atoms with Crippen LogP contribution in [0.2, 0.25) is 0 Å². The highest BCUT2D eigenvalue weighted by Gasteiger charge is 2.10. The van der Waals surface area contributed by atoms with E-state index >= 15 is 0 Å². The van der Waals surface area contributed by atoms with Gasteiger partial charge in [-0.25, -0.2) is 0 Å². The highest BCUT2D eigenvalue weighted by molar-refractivity contribution is 7.15. The molecule has 2 rings (SSSR count). The Bertz CT molecular complexity index is 654. The summed E-state index contributed by atoms with van der Waals surface area (Å²) in [6.07, 6.45) is 1.17. The molecule has 0 saturated heterocycles. The average Bonchev–Trinajstić information content (AvgIpc) is 2.95. The van der Waals surface area contributed by atoms with Gasteiger partial charge >= 0.3 is 0 Å². The van der Waals surface area contributed by atoms with Crippen LogP contribution in [-0.4, -0.2) is 22.0 Å². The fourth-order valence-electron chi connectivity index (χ4n) is 1.60. The second kappa shape index (κ2) is 6.94. The maximum Gasteiger partial charge on any atom is 0.257 e. The lowest BCUT2D eigenvalue weighted by molar-refractivity contribution is -0.115. The highest BCUT2D eigenvalue weighted by Crippen LogP contribution is 2.17. The van der Waals surface area contributed by atoms with Crippen molar-refractivity contribution < 1.29 is 9.59 Å². The standard InChI is InChI=1S/C14H16N4O2S/c1-3-11(19)15-10-7-5-6-9(8-10)13(20)16-14-18-17-12(4-2)21-14/h5-8H,3-4H2,1-2H3,(H,15,19)(H,16,18,20). The number of amides is 2. The van der Waals surface area contributed by atoms with Crippen molar-refractivity contribution in [2.75, 3.05) is 10.6 Å². The Morgan fingerprint density at radius 3 is 2.67 bits per heavy atom. The molecule has 0 unspecified atom stereocenters. The first-order valence-corrected chi connectivity index (χ1v) is 7.47. The fraction of sp³-hybridized carbons (Fsp3) is 0.286. The summed E-state index contributed by atoms with van der Waals surface area (Å²) in [6.45, 7) is 3.75. The molecule has 2 N–H and O–H groups in total. The van der Waals surface area contributed by atoms with Crippen LogP contribution in [0.25, 0.3) is 0 Å². The minimum absolute atomic E-state index is 0.0933. The molecule has 0 aliphatic heterocycles. The first kappa shape index (κ1) is 15.1. The van der Waals surface area contributed by atoms with E-state index in [4.69, 9.17) is 0 Å². The van der Waals surface area contributed by atoms with E-state index in [9.17, 15) is 9.59 Å². The van der Waals surface area contributed by atoms with E-state index in [2.05, 4.69) is 20.8 Å². The summed E-state index contributed by atoms with van der Waals surface area (Å²) in [5, 5.41) is 14.6. The normalized spacial score (nSPS) is 10.2. The predicted octanol–water partition coefficient (Wildman–Crippen LogP) is 2.70. The highest BCUT2D eigenvalue weighted by atomic mass is 32.1. The first-order chi connectivity index (χ1) is 10.1. The Balaban J connectivity index is 2.08. The molecule has 0 fully saturated rings. The van der Waals surface area contributed by atoms with Crippen molar-refractivity contribution in [1.82, 2.24) is 10.2 Å². The van der Waals surface area contributed by atoms with Gasteiger partial charge in [-0.2, -0.15) is 0 Å². The molecule has 21 heavy (non-hydrogen) atoms. The van der Waals surface area contributed by atoms with Gasteiger partial charge in [-0.1, -0.05) is 31.3 Å². The van der Waals surface area contributed by atoms with Crippen molar-refractivity contribution in [3.63, 3.8) is 0 Å². The predicted molar refractivity (Wildman–Crippen MR) is 82.6 cm³/mol. The Morgan fingerprint density at radius 1 is 1.19 bits per heavy atom. The monoisotopic (exact) mass is 304 g/mol. The zero-order chi connectivity index (χ0) is 15.2. The Kier molecular flexibility index (Phi) is 4.99. The maximum absolute atomic E-state index is 12.1. The van der Waals surface area contributed by atoms with Crippen molar-refractivity contribution in [2.45, 2.75) is 26.7 Å². The van der Waals surface area contributed by atoms with Gasteiger partial charge in [0.1, 0.15) is 5.01 Å². The van der Waals surface area contributed by atoms with E-state index in [-0.39, 0.29) is 11.8 Å². The number of aromatic nitrogens is 2. The number of carbonyl (C=O) groups excluding carboxylic acids is 2. The molecule has 1 aromatic heterocycles. The van der Waals surface area contributed by atoms with Gasteiger partial charge in [0.2, 0.25) is 11.0 Å². The van der Waals surface area contributed by atoms with Crippen LogP contribution < -0.4 is 10.6 Å². The third-order valence-electron chi connectivity index (χ3n) is 2.72. The van der Waals surface area contributed by atoms with Crippen LogP contribution >= 0.6 is 11.3 Å². The van der Waals surface area contributed by atoms with Gasteiger partial charge in [-0.15, -0.1) is 10.2 Å². The van der Waals surface area contributed by atoms with E-state index in [0.29, 0.717) is 22.8 Å². The molecular weight excluding hydrogens is 288 g/mol. The molecule has 0 saturated carbocycles. The fourth-order valence-corrected chi connectivity index (χ4v) is 2.28. The molecule has 1 aromatic carbocycles. The van der Waals surface area contributed by atoms with E-state index in [1.54, 1.807) is 31.2 Å². The van der Waals surface area contributed by atoms with E-state index < -0.39 is 0 Å². The van der Waals surface area contributed by atoms with Gasteiger partial charge in [0.15, 0.2) is 0 Å². The third kappa shape index (κ3) is 4.09. The number of anilines is 2. The number of aryl methyl sites for hydroxylation is 1. The summed E-state index contributed by atoms with van der Waals surface area (Å²) in [4.78, 5) is 23.5. The van der Waals surface area contributed by atoms with Crippen molar-refractivity contribution in [1.29, 1.82) is 0 Å². The van der Waals surface area contributed by atoms with Gasteiger partial charge in [0.25, 0.3) is 5.91 Å². The van der Waals surface area contributed by atoms with Crippen LogP contribution in [0.15, 0.2) is 24.3 Å². The Labute approximate surface area is 126 Å². The Hall–Kier alpha value is -2.28. The van der Waals surface area contributed by atoms with Gasteiger partial charge in [-0.3, -0.25) is 14.9 Å². The zero-order valence-electron chi connectivity index (χ0n) is 11.8. The smallest absolute Gasteiger partial charge is 0.257 e. The zero-order valence-corrected chi connectivity index (χ0v) is 12.7. The minimum Gasteiger partial charge on any atom is -0.326 e. The Morgan fingerprint density at radius 2 is 2.00 bits per heavy atom. The molecule has 0 atom stereocenters. The molecule has 6 nitrogen and oxygen atoms in total. The maximum atomic E-state index is 12.1. The molecular formula is C14H16N4O2S. The number of carbonyl (C=O) groups is 2. The van der Waals surface area contributed by atoms with Crippen LogP contribution in [0.1, 0.15) is 35.6 Å². The van der Waals surface area contributed by atoms with Gasteiger partial charge in [-0.05, 0) is 24.6 Å². The lowest BCUT2D eigenvalue weighted by Crippen LogP contribution is -2.13. The van der Waals surface area contributed by atoms with Crippen molar-refractivity contribution in [3.8, 4) is 0 Å². The number of benzene rings is 1. The van der Waals surface area contributed by atoms with E-state index in [1.807, 2.05) is 6.92 Å². The van der Waals surface area contributed by atoms with E-state index in [1.165, 1.54) is 11.3 Å².